The van der Waals surface area contributed by atoms with Gasteiger partial charge in [0.2, 0.25) is 0 Å². The maximum Gasteiger partial charge on any atom is 0.253 e. The van der Waals surface area contributed by atoms with Crippen LogP contribution in [-0.4, -0.2) is 23.8 Å². The molecule has 1 saturated carbocycles. The Morgan fingerprint density at radius 2 is 1.89 bits per heavy atom. The Labute approximate surface area is 163 Å². The minimum absolute atomic E-state index is 0.00420. The Bertz CT molecular complexity index is 1220. The molecule has 5 nitrogen and oxygen atoms in total. The summed E-state index contributed by atoms with van der Waals surface area (Å²) in [6, 6.07) is 6.09. The lowest BCUT2D eigenvalue weighted by Gasteiger charge is -2.13. The van der Waals surface area contributed by atoms with E-state index < -0.39 is 15.7 Å². The monoisotopic (exact) mass is 402 g/mol. The zero-order valence-electron chi connectivity index (χ0n) is 16.2. The van der Waals surface area contributed by atoms with Crippen LogP contribution >= 0.6 is 0 Å². The third-order valence-electron chi connectivity index (χ3n) is 5.46. The first-order chi connectivity index (χ1) is 13.1. The number of hydrogen-bond acceptors (Lipinski definition) is 3. The molecule has 148 valence electrons. The van der Waals surface area contributed by atoms with E-state index >= 15 is 0 Å². The van der Waals surface area contributed by atoms with E-state index in [0.717, 1.165) is 30.0 Å². The van der Waals surface area contributed by atoms with E-state index in [9.17, 15) is 17.6 Å². The molecule has 0 radical (unpaired) electrons. The molecule has 0 atom stereocenters. The van der Waals surface area contributed by atoms with Crippen LogP contribution in [0, 0.1) is 18.7 Å². The van der Waals surface area contributed by atoms with Gasteiger partial charge in [-0.15, -0.1) is 0 Å². The molecular formula is C21H23FN2O3S. The van der Waals surface area contributed by atoms with Gasteiger partial charge in [0.05, 0.1) is 16.1 Å². The van der Waals surface area contributed by atoms with Crippen LogP contribution < -0.4 is 5.56 Å². The summed E-state index contributed by atoms with van der Waals surface area (Å²) >= 11 is 0. The fourth-order valence-electron chi connectivity index (χ4n) is 3.81. The highest BCUT2D eigenvalue weighted by Gasteiger charge is 2.24. The highest BCUT2D eigenvalue weighted by atomic mass is 32.2. The van der Waals surface area contributed by atoms with Gasteiger partial charge in [-0.25, -0.2) is 12.8 Å². The van der Waals surface area contributed by atoms with Gasteiger partial charge in [-0.2, -0.15) is 0 Å². The van der Waals surface area contributed by atoms with Gasteiger partial charge >= 0.3 is 0 Å². The first-order valence-corrected chi connectivity index (χ1v) is 11.2. The first kappa shape index (κ1) is 18.9. The molecule has 0 amide bonds. The minimum Gasteiger partial charge on any atom is -0.340 e. The van der Waals surface area contributed by atoms with Crippen molar-refractivity contribution in [1.29, 1.82) is 0 Å². The number of aromatic nitrogens is 2. The van der Waals surface area contributed by atoms with Crippen LogP contribution in [0.2, 0.25) is 0 Å². The van der Waals surface area contributed by atoms with Gasteiger partial charge in [0.25, 0.3) is 5.56 Å². The molecule has 0 aliphatic heterocycles. The van der Waals surface area contributed by atoms with Crippen LogP contribution in [-0.2, 0) is 23.4 Å². The van der Waals surface area contributed by atoms with E-state index in [1.54, 1.807) is 32.3 Å². The summed E-state index contributed by atoms with van der Waals surface area (Å²) in [6.45, 7) is 2.43. The summed E-state index contributed by atoms with van der Waals surface area (Å²) in [5.74, 6) is 0.108. The molecule has 1 fully saturated rings. The number of nitrogens with zero attached hydrogens (tertiary/aromatic N) is 2. The molecule has 1 aliphatic rings. The summed E-state index contributed by atoms with van der Waals surface area (Å²) < 4.78 is 42.3. The molecule has 4 rings (SSSR count). The lowest BCUT2D eigenvalue weighted by molar-refractivity contribution is 0.595. The predicted octanol–water partition coefficient (Wildman–Crippen LogP) is 3.66. The standard InChI is InChI=1S/C21H23FN2O3S/c1-13-8-15(12-23(2)21(13)25)18-11-17-19(24(18)7-6-14-4-5-14)9-16(22)10-20(17)28(3,26)27/h8-12,14H,4-7H2,1-3H3. The van der Waals surface area contributed by atoms with Crippen molar-refractivity contribution in [2.45, 2.75) is 37.6 Å². The lowest BCUT2D eigenvalue weighted by Crippen LogP contribution is -2.18. The molecule has 0 unspecified atom stereocenters. The van der Waals surface area contributed by atoms with Crippen molar-refractivity contribution in [3.05, 3.63) is 52.2 Å². The van der Waals surface area contributed by atoms with E-state index in [1.165, 1.54) is 23.5 Å². The molecule has 2 aromatic heterocycles. The van der Waals surface area contributed by atoms with Crippen molar-refractivity contribution in [3.63, 3.8) is 0 Å². The summed E-state index contributed by atoms with van der Waals surface area (Å²) in [7, 11) is -1.90. The normalized spacial score (nSPS) is 14.7. The van der Waals surface area contributed by atoms with E-state index in [4.69, 9.17) is 0 Å². The molecular weight excluding hydrogens is 379 g/mol. The molecule has 28 heavy (non-hydrogen) atoms. The molecule has 0 saturated heterocycles. The van der Waals surface area contributed by atoms with Gasteiger partial charge in [-0.05, 0) is 43.5 Å². The topological polar surface area (TPSA) is 61.1 Å². The van der Waals surface area contributed by atoms with Gasteiger partial charge < -0.3 is 9.13 Å². The fourth-order valence-corrected chi connectivity index (χ4v) is 4.70. The third-order valence-corrected chi connectivity index (χ3v) is 6.60. The average molecular weight is 402 g/mol. The van der Waals surface area contributed by atoms with E-state index in [2.05, 4.69) is 0 Å². The predicted molar refractivity (Wildman–Crippen MR) is 108 cm³/mol. The summed E-state index contributed by atoms with van der Waals surface area (Å²) in [6.07, 6.45) is 6.21. The SMILES string of the molecule is Cc1cc(-c2cc3c(S(C)(=O)=O)cc(F)cc3n2CCC2CC2)cn(C)c1=O. The number of fused-ring (bicyclic) bond motifs is 1. The van der Waals surface area contributed by atoms with Gasteiger partial charge in [-0.1, -0.05) is 12.8 Å². The summed E-state index contributed by atoms with van der Waals surface area (Å²) in [4.78, 5) is 12.1. The van der Waals surface area contributed by atoms with E-state index in [-0.39, 0.29) is 10.5 Å². The van der Waals surface area contributed by atoms with Crippen molar-refractivity contribution >= 4 is 20.7 Å². The second kappa shape index (κ2) is 6.58. The van der Waals surface area contributed by atoms with Gasteiger partial charge in [0.15, 0.2) is 9.84 Å². The van der Waals surface area contributed by atoms with Crippen molar-refractivity contribution in [3.8, 4) is 11.3 Å². The maximum atomic E-state index is 14.3. The molecule has 0 spiro atoms. The van der Waals surface area contributed by atoms with Crippen LogP contribution in [0.4, 0.5) is 4.39 Å². The molecule has 0 N–H and O–H groups in total. The highest BCUT2D eigenvalue weighted by Crippen LogP contribution is 2.37. The van der Waals surface area contributed by atoms with Gasteiger partial charge in [0.1, 0.15) is 5.82 Å². The minimum atomic E-state index is -3.59. The van der Waals surface area contributed by atoms with Crippen LogP contribution in [0.3, 0.4) is 0 Å². The maximum absolute atomic E-state index is 14.3. The number of aryl methyl sites for hydroxylation is 3. The van der Waals surface area contributed by atoms with Crippen molar-refractivity contribution in [1.82, 2.24) is 9.13 Å². The van der Waals surface area contributed by atoms with E-state index in [0.29, 0.717) is 28.9 Å². The van der Waals surface area contributed by atoms with E-state index in [1.807, 2.05) is 4.57 Å². The molecule has 1 aliphatic carbocycles. The largest absolute Gasteiger partial charge is 0.340 e. The zero-order valence-corrected chi connectivity index (χ0v) is 17.0. The van der Waals surface area contributed by atoms with Gasteiger partial charge in [0, 0.05) is 42.6 Å². The highest BCUT2D eigenvalue weighted by molar-refractivity contribution is 7.91. The average Bonchev–Trinajstić information content (AvgIpc) is 3.36. The molecule has 7 heteroatoms. The quantitative estimate of drug-likeness (QED) is 0.654. The van der Waals surface area contributed by atoms with Crippen LogP contribution in [0.25, 0.3) is 22.2 Å². The Morgan fingerprint density at radius 3 is 2.50 bits per heavy atom. The number of sulfone groups is 1. The Hall–Kier alpha value is -2.41. The van der Waals surface area contributed by atoms with Crippen LogP contribution in [0.15, 0.2) is 40.2 Å². The van der Waals surface area contributed by atoms with Crippen LogP contribution in [0.1, 0.15) is 24.8 Å². The molecule has 3 aromatic rings. The molecule has 2 heterocycles. The van der Waals surface area contributed by atoms with Crippen LogP contribution in [0.5, 0.6) is 0 Å². The summed E-state index contributed by atoms with van der Waals surface area (Å²) in [5.41, 5.74) is 2.71. The van der Waals surface area contributed by atoms with Crippen molar-refractivity contribution in [2.24, 2.45) is 13.0 Å². The number of hydrogen-bond donors (Lipinski definition) is 0. The van der Waals surface area contributed by atoms with Crippen molar-refractivity contribution < 1.29 is 12.8 Å². The fraction of sp³-hybridized carbons (Fsp3) is 0.381. The summed E-state index contributed by atoms with van der Waals surface area (Å²) in [5, 5.41) is 0.515. The zero-order chi connectivity index (χ0) is 20.2. The number of rotatable bonds is 5. The first-order valence-electron chi connectivity index (χ1n) is 9.35. The second-order valence-corrected chi connectivity index (χ2v) is 9.83. The lowest BCUT2D eigenvalue weighted by atomic mass is 10.1. The van der Waals surface area contributed by atoms with Crippen molar-refractivity contribution in [2.75, 3.05) is 6.26 Å². The third kappa shape index (κ3) is 3.39. The Morgan fingerprint density at radius 1 is 1.18 bits per heavy atom. The molecule has 1 aromatic carbocycles. The molecule has 0 bridgehead atoms. The smallest absolute Gasteiger partial charge is 0.253 e. The Kier molecular flexibility index (Phi) is 4.45. The van der Waals surface area contributed by atoms with Gasteiger partial charge in [-0.3, -0.25) is 4.79 Å². The Balaban J connectivity index is 2.01. The number of pyridine rings is 1. The number of halogens is 1. The number of benzene rings is 1. The second-order valence-electron chi connectivity index (χ2n) is 7.85.